The third-order valence-corrected chi connectivity index (χ3v) is 2.19. The van der Waals surface area contributed by atoms with E-state index in [-0.39, 0.29) is 13.2 Å². The van der Waals surface area contributed by atoms with Crippen LogP contribution in [0, 0.1) is 0 Å². The van der Waals surface area contributed by atoms with Crippen molar-refractivity contribution in [3.05, 3.63) is 29.3 Å². The summed E-state index contributed by atoms with van der Waals surface area (Å²) >= 11 is 5.64. The molecule has 0 heterocycles. The predicted octanol–water partition coefficient (Wildman–Crippen LogP) is 2.33. The maximum absolute atomic E-state index is 9.10. The highest BCUT2D eigenvalue weighted by molar-refractivity contribution is 6.29. The third-order valence-electron chi connectivity index (χ3n) is 2.08. The maximum Gasteiger partial charge on any atom is 0.203 e. The molecule has 0 amide bonds. The smallest absolute Gasteiger partial charge is 0.203 e. The molecule has 0 saturated carbocycles. The molecule has 5 heteroatoms. The minimum absolute atomic E-state index is 0.102. The Balaban J connectivity index is 3.10. The number of methoxy groups -OCH3 is 2. The van der Waals surface area contributed by atoms with Gasteiger partial charge in [0.2, 0.25) is 5.75 Å². The highest BCUT2D eigenvalue weighted by atomic mass is 35.5. The molecule has 1 rings (SSSR count). The number of hydrogen-bond donors (Lipinski definition) is 1. The summed E-state index contributed by atoms with van der Waals surface area (Å²) in [5.41, 5.74) is 0.677. The van der Waals surface area contributed by atoms with Crippen LogP contribution in [-0.2, 0) is 6.61 Å². The van der Waals surface area contributed by atoms with Crippen LogP contribution in [0.2, 0.25) is 0 Å². The molecule has 1 aromatic rings. The fourth-order valence-corrected chi connectivity index (χ4v) is 1.37. The highest BCUT2D eigenvalue weighted by Crippen LogP contribution is 2.38. The third kappa shape index (κ3) is 3.54. The van der Waals surface area contributed by atoms with Gasteiger partial charge in [-0.3, -0.25) is 0 Å². The summed E-state index contributed by atoms with van der Waals surface area (Å²) in [6.07, 6.45) is 0. The Bertz CT molecular complexity index is 378. The quantitative estimate of drug-likeness (QED) is 0.851. The van der Waals surface area contributed by atoms with Crippen LogP contribution in [0.3, 0.4) is 0 Å². The van der Waals surface area contributed by atoms with Crippen molar-refractivity contribution in [1.29, 1.82) is 0 Å². The zero-order chi connectivity index (χ0) is 12.8. The minimum atomic E-state index is -0.102. The number of halogens is 1. The Morgan fingerprint density at radius 1 is 1.29 bits per heavy atom. The van der Waals surface area contributed by atoms with E-state index in [1.54, 1.807) is 12.1 Å². The van der Waals surface area contributed by atoms with Gasteiger partial charge in [0.15, 0.2) is 11.5 Å². The molecule has 0 atom stereocenters. The van der Waals surface area contributed by atoms with E-state index in [1.165, 1.54) is 14.2 Å². The molecule has 0 radical (unpaired) electrons. The summed E-state index contributed by atoms with van der Waals surface area (Å²) in [6.45, 7) is 3.59. The van der Waals surface area contributed by atoms with E-state index in [4.69, 9.17) is 30.9 Å². The van der Waals surface area contributed by atoms with E-state index in [1.807, 2.05) is 0 Å². The van der Waals surface area contributed by atoms with Gasteiger partial charge in [0.05, 0.1) is 20.8 Å². The van der Waals surface area contributed by atoms with Crippen LogP contribution in [0.25, 0.3) is 0 Å². The van der Waals surface area contributed by atoms with Gasteiger partial charge in [0, 0.05) is 5.03 Å². The standard InChI is InChI=1S/C12H15ClO4/c1-8(13)7-17-12-10(15-2)4-9(6-14)5-11(12)16-3/h4-5,14H,1,6-7H2,2-3H3. The SMILES string of the molecule is C=C(Cl)COc1c(OC)cc(CO)cc1OC. The summed E-state index contributed by atoms with van der Waals surface area (Å²) < 4.78 is 15.8. The lowest BCUT2D eigenvalue weighted by molar-refractivity contribution is 0.275. The summed E-state index contributed by atoms with van der Waals surface area (Å²) in [5.74, 6) is 1.40. The van der Waals surface area contributed by atoms with Crippen LogP contribution >= 0.6 is 11.6 Å². The van der Waals surface area contributed by atoms with Gasteiger partial charge < -0.3 is 19.3 Å². The van der Waals surface area contributed by atoms with Gasteiger partial charge in [0.25, 0.3) is 0 Å². The molecule has 0 aromatic heterocycles. The highest BCUT2D eigenvalue weighted by Gasteiger charge is 2.14. The monoisotopic (exact) mass is 258 g/mol. The lowest BCUT2D eigenvalue weighted by Crippen LogP contribution is -2.02. The van der Waals surface area contributed by atoms with Gasteiger partial charge in [-0.25, -0.2) is 0 Å². The topological polar surface area (TPSA) is 47.9 Å². The Morgan fingerprint density at radius 3 is 2.18 bits per heavy atom. The van der Waals surface area contributed by atoms with Crippen molar-refractivity contribution >= 4 is 11.6 Å². The normalized spacial score (nSPS) is 9.88. The second-order valence-electron chi connectivity index (χ2n) is 3.29. The molecule has 94 valence electrons. The molecule has 0 fully saturated rings. The Kier molecular flexibility index (Phi) is 5.12. The van der Waals surface area contributed by atoms with E-state index in [0.717, 1.165) is 0 Å². The van der Waals surface area contributed by atoms with Crippen molar-refractivity contribution < 1.29 is 19.3 Å². The van der Waals surface area contributed by atoms with Gasteiger partial charge in [0.1, 0.15) is 6.61 Å². The Hall–Kier alpha value is -1.39. The fourth-order valence-electron chi connectivity index (χ4n) is 1.32. The second-order valence-corrected chi connectivity index (χ2v) is 3.83. The van der Waals surface area contributed by atoms with Gasteiger partial charge in [-0.2, -0.15) is 0 Å². The van der Waals surface area contributed by atoms with Gasteiger partial charge in [-0.1, -0.05) is 18.2 Å². The van der Waals surface area contributed by atoms with Crippen LogP contribution < -0.4 is 14.2 Å². The molecule has 1 aromatic carbocycles. The first kappa shape index (κ1) is 13.7. The van der Waals surface area contributed by atoms with Crippen molar-refractivity contribution in [1.82, 2.24) is 0 Å². The van der Waals surface area contributed by atoms with Crippen molar-refractivity contribution in [2.75, 3.05) is 20.8 Å². The Morgan fingerprint density at radius 2 is 1.82 bits per heavy atom. The van der Waals surface area contributed by atoms with E-state index in [0.29, 0.717) is 27.8 Å². The predicted molar refractivity (Wildman–Crippen MR) is 66.0 cm³/mol. The van der Waals surface area contributed by atoms with Crippen LogP contribution in [-0.4, -0.2) is 25.9 Å². The maximum atomic E-state index is 9.10. The van der Waals surface area contributed by atoms with Gasteiger partial charge in [-0.15, -0.1) is 0 Å². The van der Waals surface area contributed by atoms with Gasteiger partial charge >= 0.3 is 0 Å². The van der Waals surface area contributed by atoms with Gasteiger partial charge in [-0.05, 0) is 17.7 Å². The molecular weight excluding hydrogens is 244 g/mol. The molecule has 0 aliphatic heterocycles. The van der Waals surface area contributed by atoms with E-state index in [2.05, 4.69) is 6.58 Å². The van der Waals surface area contributed by atoms with Crippen LogP contribution in [0.1, 0.15) is 5.56 Å². The molecular formula is C12H15ClO4. The number of rotatable bonds is 6. The molecule has 0 spiro atoms. The molecule has 0 unspecified atom stereocenters. The van der Waals surface area contributed by atoms with Crippen LogP contribution in [0.4, 0.5) is 0 Å². The summed E-state index contributed by atoms with van der Waals surface area (Å²) in [6, 6.07) is 3.35. The zero-order valence-electron chi connectivity index (χ0n) is 9.83. The average Bonchev–Trinajstić information content (AvgIpc) is 2.34. The summed E-state index contributed by atoms with van der Waals surface area (Å²) in [7, 11) is 3.02. The molecule has 0 saturated heterocycles. The number of aliphatic hydroxyl groups is 1. The molecule has 0 bridgehead atoms. The molecule has 0 aliphatic rings. The van der Waals surface area contributed by atoms with E-state index in [9.17, 15) is 0 Å². The fraction of sp³-hybridized carbons (Fsp3) is 0.333. The largest absolute Gasteiger partial charge is 0.493 e. The molecule has 1 N–H and O–H groups in total. The van der Waals surface area contributed by atoms with Crippen molar-refractivity contribution in [3.8, 4) is 17.2 Å². The average molecular weight is 259 g/mol. The first-order valence-corrected chi connectivity index (χ1v) is 5.32. The zero-order valence-corrected chi connectivity index (χ0v) is 10.6. The molecule has 0 aliphatic carbocycles. The lowest BCUT2D eigenvalue weighted by atomic mass is 10.2. The van der Waals surface area contributed by atoms with Crippen molar-refractivity contribution in [2.24, 2.45) is 0 Å². The number of hydrogen-bond acceptors (Lipinski definition) is 4. The number of benzene rings is 1. The van der Waals surface area contributed by atoms with E-state index < -0.39 is 0 Å². The first-order chi connectivity index (χ1) is 8.12. The molecule has 4 nitrogen and oxygen atoms in total. The number of aliphatic hydroxyl groups excluding tert-OH is 1. The molecule has 17 heavy (non-hydrogen) atoms. The second kappa shape index (κ2) is 6.37. The van der Waals surface area contributed by atoms with Crippen molar-refractivity contribution in [2.45, 2.75) is 6.61 Å². The van der Waals surface area contributed by atoms with Crippen LogP contribution in [0.15, 0.2) is 23.7 Å². The summed E-state index contributed by atoms with van der Waals surface area (Å²) in [4.78, 5) is 0. The number of ether oxygens (including phenoxy) is 3. The lowest BCUT2D eigenvalue weighted by Gasteiger charge is -2.15. The van der Waals surface area contributed by atoms with Crippen molar-refractivity contribution in [3.63, 3.8) is 0 Å². The summed E-state index contributed by atoms with van der Waals surface area (Å²) in [5, 5.41) is 9.47. The van der Waals surface area contributed by atoms with Crippen LogP contribution in [0.5, 0.6) is 17.2 Å². The first-order valence-electron chi connectivity index (χ1n) is 4.94. The van der Waals surface area contributed by atoms with E-state index >= 15 is 0 Å². The Labute approximate surface area is 105 Å². The minimum Gasteiger partial charge on any atom is -0.493 e.